The van der Waals surface area contributed by atoms with E-state index in [9.17, 15) is 0 Å². The molecular weight excluding hydrogens is 194 g/mol. The van der Waals surface area contributed by atoms with Crippen molar-refractivity contribution >= 4 is 5.69 Å². The van der Waals surface area contributed by atoms with Crippen molar-refractivity contribution in [3.05, 3.63) is 29.8 Å². The summed E-state index contributed by atoms with van der Waals surface area (Å²) in [6.07, 6.45) is 9.30. The Morgan fingerprint density at radius 3 is 2.44 bits per heavy atom. The highest BCUT2D eigenvalue weighted by molar-refractivity contribution is 5.45. The molecule has 0 heterocycles. The molecule has 1 aliphatic carbocycles. The predicted molar refractivity (Wildman–Crippen MR) is 70.9 cm³/mol. The molecule has 0 saturated heterocycles. The van der Waals surface area contributed by atoms with Gasteiger partial charge in [-0.3, -0.25) is 0 Å². The number of rotatable bonds is 6. The normalized spacial score (nSPS) is 15.8. The molecule has 0 aromatic heterocycles. The first-order valence-electron chi connectivity index (χ1n) is 6.74. The molecule has 1 nitrogen and oxygen atoms in total. The van der Waals surface area contributed by atoms with E-state index in [0.717, 1.165) is 6.04 Å². The van der Waals surface area contributed by atoms with Gasteiger partial charge in [0.15, 0.2) is 0 Å². The van der Waals surface area contributed by atoms with Crippen LogP contribution in [0.2, 0.25) is 0 Å². The van der Waals surface area contributed by atoms with Crippen molar-refractivity contribution in [1.82, 2.24) is 0 Å². The summed E-state index contributed by atoms with van der Waals surface area (Å²) in [5, 5.41) is 3.57. The highest BCUT2D eigenvalue weighted by Crippen LogP contribution is 2.23. The van der Waals surface area contributed by atoms with Crippen LogP contribution in [0.5, 0.6) is 0 Å². The molecule has 1 heteroatoms. The third-order valence-electron chi connectivity index (χ3n) is 3.50. The van der Waals surface area contributed by atoms with Gasteiger partial charge in [-0.25, -0.2) is 0 Å². The van der Waals surface area contributed by atoms with Crippen molar-refractivity contribution in [3.63, 3.8) is 0 Å². The summed E-state index contributed by atoms with van der Waals surface area (Å²) < 4.78 is 0. The van der Waals surface area contributed by atoms with E-state index in [4.69, 9.17) is 0 Å². The van der Waals surface area contributed by atoms with E-state index in [2.05, 4.69) is 36.5 Å². The molecular formula is C15H23N. The van der Waals surface area contributed by atoms with Gasteiger partial charge < -0.3 is 5.32 Å². The predicted octanol–water partition coefficient (Wildman–Crippen LogP) is 4.38. The summed E-state index contributed by atoms with van der Waals surface area (Å²) in [4.78, 5) is 0. The van der Waals surface area contributed by atoms with E-state index in [1.165, 1.54) is 56.2 Å². The van der Waals surface area contributed by atoms with E-state index >= 15 is 0 Å². The fourth-order valence-electron chi connectivity index (χ4n) is 2.14. The van der Waals surface area contributed by atoms with Gasteiger partial charge in [-0.15, -0.1) is 0 Å². The van der Waals surface area contributed by atoms with E-state index in [0.29, 0.717) is 0 Å². The average molecular weight is 217 g/mol. The minimum atomic E-state index is 0.742. The maximum absolute atomic E-state index is 3.57. The summed E-state index contributed by atoms with van der Waals surface area (Å²) in [6.45, 7) is 2.26. The van der Waals surface area contributed by atoms with Crippen LogP contribution in [0.15, 0.2) is 24.3 Å². The zero-order valence-corrected chi connectivity index (χ0v) is 10.3. The molecule has 0 unspecified atom stereocenters. The molecule has 0 atom stereocenters. The lowest BCUT2D eigenvalue weighted by Gasteiger charge is -2.27. The summed E-state index contributed by atoms with van der Waals surface area (Å²) in [7, 11) is 0. The quantitative estimate of drug-likeness (QED) is 0.697. The molecule has 0 aliphatic heterocycles. The van der Waals surface area contributed by atoms with Gasteiger partial charge in [0.25, 0.3) is 0 Å². The molecule has 1 aliphatic rings. The van der Waals surface area contributed by atoms with E-state index in [1.807, 2.05) is 0 Å². The number of nitrogens with one attached hydrogen (secondary N) is 1. The Kier molecular flexibility index (Phi) is 4.26. The fourth-order valence-corrected chi connectivity index (χ4v) is 2.14. The van der Waals surface area contributed by atoms with Crippen LogP contribution < -0.4 is 5.32 Å². The Labute approximate surface area is 99.3 Å². The highest BCUT2D eigenvalue weighted by Gasteiger charge is 2.16. The molecule has 1 fully saturated rings. The topological polar surface area (TPSA) is 12.0 Å². The maximum Gasteiger partial charge on any atom is 0.0342 e. The third-order valence-corrected chi connectivity index (χ3v) is 3.50. The van der Waals surface area contributed by atoms with Gasteiger partial charge >= 0.3 is 0 Å². The monoisotopic (exact) mass is 217 g/mol. The smallest absolute Gasteiger partial charge is 0.0342 e. The molecule has 0 amide bonds. The number of aryl methyl sites for hydroxylation is 1. The largest absolute Gasteiger partial charge is 0.382 e. The summed E-state index contributed by atoms with van der Waals surface area (Å²) in [5.41, 5.74) is 2.77. The van der Waals surface area contributed by atoms with Crippen LogP contribution in [0.1, 0.15) is 51.0 Å². The molecule has 1 saturated carbocycles. The van der Waals surface area contributed by atoms with E-state index in [1.54, 1.807) is 0 Å². The van der Waals surface area contributed by atoms with Crippen molar-refractivity contribution in [3.8, 4) is 0 Å². The van der Waals surface area contributed by atoms with Gasteiger partial charge in [0.1, 0.15) is 0 Å². The van der Waals surface area contributed by atoms with Crippen molar-refractivity contribution in [2.24, 2.45) is 0 Å². The van der Waals surface area contributed by atoms with Gasteiger partial charge in [0.2, 0.25) is 0 Å². The second kappa shape index (κ2) is 5.93. The van der Waals surface area contributed by atoms with Crippen LogP contribution in [0, 0.1) is 0 Å². The van der Waals surface area contributed by atoms with Crippen molar-refractivity contribution in [2.45, 2.75) is 57.9 Å². The number of benzene rings is 1. The molecule has 1 aromatic carbocycles. The van der Waals surface area contributed by atoms with Gasteiger partial charge in [0, 0.05) is 11.7 Å². The number of unbranched alkanes of at least 4 members (excludes halogenated alkanes) is 2. The minimum Gasteiger partial charge on any atom is -0.382 e. The Hall–Kier alpha value is -0.980. The summed E-state index contributed by atoms with van der Waals surface area (Å²) in [6, 6.07) is 9.76. The number of hydrogen-bond acceptors (Lipinski definition) is 1. The minimum absolute atomic E-state index is 0.742. The van der Waals surface area contributed by atoms with Gasteiger partial charge in [0.05, 0.1) is 0 Å². The lowest BCUT2D eigenvalue weighted by molar-refractivity contribution is 0.445. The molecule has 0 radical (unpaired) electrons. The van der Waals surface area contributed by atoms with Gasteiger partial charge in [-0.1, -0.05) is 31.9 Å². The highest BCUT2D eigenvalue weighted by atomic mass is 14.9. The average Bonchev–Trinajstić information content (AvgIpc) is 2.26. The molecule has 88 valence electrons. The zero-order valence-electron chi connectivity index (χ0n) is 10.3. The Morgan fingerprint density at radius 2 is 1.88 bits per heavy atom. The van der Waals surface area contributed by atoms with Crippen LogP contribution in [0.3, 0.4) is 0 Å². The first-order valence-corrected chi connectivity index (χ1v) is 6.74. The van der Waals surface area contributed by atoms with E-state index in [-0.39, 0.29) is 0 Å². The standard InChI is InChI=1S/C15H23N/c1-2-3-4-6-13-9-11-15(12-10-13)16-14-7-5-8-14/h9-12,14,16H,2-8H2,1H3. The molecule has 16 heavy (non-hydrogen) atoms. The summed E-state index contributed by atoms with van der Waals surface area (Å²) >= 11 is 0. The molecule has 0 spiro atoms. The third kappa shape index (κ3) is 3.26. The fraction of sp³-hybridized carbons (Fsp3) is 0.600. The Morgan fingerprint density at radius 1 is 1.12 bits per heavy atom. The lowest BCUT2D eigenvalue weighted by Crippen LogP contribution is -2.26. The van der Waals surface area contributed by atoms with Crippen molar-refractivity contribution < 1.29 is 0 Å². The Balaban J connectivity index is 1.78. The lowest BCUT2D eigenvalue weighted by atomic mass is 9.93. The first-order chi connectivity index (χ1) is 7.88. The van der Waals surface area contributed by atoms with Crippen molar-refractivity contribution in [2.75, 3.05) is 5.32 Å². The maximum atomic E-state index is 3.57. The SMILES string of the molecule is CCCCCc1ccc(NC2CCC2)cc1. The van der Waals surface area contributed by atoms with Crippen LogP contribution in [-0.2, 0) is 6.42 Å². The van der Waals surface area contributed by atoms with Gasteiger partial charge in [-0.2, -0.15) is 0 Å². The van der Waals surface area contributed by atoms with Gasteiger partial charge in [-0.05, 0) is 49.8 Å². The van der Waals surface area contributed by atoms with Crippen LogP contribution >= 0.6 is 0 Å². The van der Waals surface area contributed by atoms with Crippen LogP contribution in [0.4, 0.5) is 5.69 Å². The van der Waals surface area contributed by atoms with Crippen LogP contribution in [-0.4, -0.2) is 6.04 Å². The number of hydrogen-bond donors (Lipinski definition) is 1. The summed E-state index contributed by atoms with van der Waals surface area (Å²) in [5.74, 6) is 0. The van der Waals surface area contributed by atoms with E-state index < -0.39 is 0 Å². The molecule has 1 aromatic rings. The molecule has 0 bridgehead atoms. The second-order valence-electron chi connectivity index (χ2n) is 4.93. The molecule has 1 N–H and O–H groups in total. The van der Waals surface area contributed by atoms with Crippen LogP contribution in [0.25, 0.3) is 0 Å². The second-order valence-corrected chi connectivity index (χ2v) is 4.93. The first kappa shape index (κ1) is 11.5. The molecule has 2 rings (SSSR count). The zero-order chi connectivity index (χ0) is 11.2. The Bertz CT molecular complexity index is 298. The number of anilines is 1. The van der Waals surface area contributed by atoms with Crippen molar-refractivity contribution in [1.29, 1.82) is 0 Å².